The highest BCUT2D eigenvalue weighted by atomic mass is 16.5. The van der Waals surface area contributed by atoms with Crippen molar-refractivity contribution < 1.29 is 9.53 Å². The predicted molar refractivity (Wildman–Crippen MR) is 83.2 cm³/mol. The van der Waals surface area contributed by atoms with Crippen LogP contribution in [0.2, 0.25) is 0 Å². The molecule has 116 valence electrons. The van der Waals surface area contributed by atoms with Gasteiger partial charge in [0.05, 0.1) is 13.2 Å². The molecule has 1 aromatic heterocycles. The molecule has 0 aliphatic carbocycles. The van der Waals surface area contributed by atoms with Crippen molar-refractivity contribution in [1.29, 1.82) is 0 Å². The number of morpholine rings is 1. The molecule has 1 amide bonds. The molecule has 0 unspecified atom stereocenters. The van der Waals surface area contributed by atoms with Gasteiger partial charge in [-0.05, 0) is 18.4 Å². The van der Waals surface area contributed by atoms with E-state index in [1.54, 1.807) is 6.20 Å². The fourth-order valence-electron chi connectivity index (χ4n) is 2.33. The SMILES string of the molecule is CC(C)CCC(=O)NCc1cccnc1N1CCOCC1. The zero-order chi connectivity index (χ0) is 15.1. The molecule has 0 radical (unpaired) electrons. The first kappa shape index (κ1) is 15.8. The smallest absolute Gasteiger partial charge is 0.220 e. The van der Waals surface area contributed by atoms with Crippen LogP contribution in [-0.2, 0) is 16.1 Å². The largest absolute Gasteiger partial charge is 0.378 e. The van der Waals surface area contributed by atoms with Gasteiger partial charge >= 0.3 is 0 Å². The Bertz CT molecular complexity index is 457. The average molecular weight is 291 g/mol. The normalized spacial score (nSPS) is 15.3. The second kappa shape index (κ2) is 7.98. The Balaban J connectivity index is 1.92. The maximum atomic E-state index is 11.8. The van der Waals surface area contributed by atoms with Crippen molar-refractivity contribution in [3.8, 4) is 0 Å². The lowest BCUT2D eigenvalue weighted by atomic mass is 10.1. The molecule has 1 aromatic rings. The van der Waals surface area contributed by atoms with Crippen molar-refractivity contribution in [2.24, 2.45) is 5.92 Å². The van der Waals surface area contributed by atoms with E-state index in [0.29, 0.717) is 18.9 Å². The lowest BCUT2D eigenvalue weighted by Gasteiger charge is -2.29. The number of aromatic nitrogens is 1. The van der Waals surface area contributed by atoms with Crippen molar-refractivity contribution in [3.05, 3.63) is 23.9 Å². The Morgan fingerprint density at radius 1 is 1.43 bits per heavy atom. The van der Waals surface area contributed by atoms with Crippen LogP contribution in [-0.4, -0.2) is 37.2 Å². The summed E-state index contributed by atoms with van der Waals surface area (Å²) >= 11 is 0. The summed E-state index contributed by atoms with van der Waals surface area (Å²) in [4.78, 5) is 18.5. The molecule has 0 atom stereocenters. The molecule has 0 saturated carbocycles. The molecule has 2 heterocycles. The summed E-state index contributed by atoms with van der Waals surface area (Å²) in [7, 11) is 0. The van der Waals surface area contributed by atoms with Crippen LogP contribution in [0.4, 0.5) is 5.82 Å². The molecule has 0 aromatic carbocycles. The molecule has 0 bridgehead atoms. The highest BCUT2D eigenvalue weighted by molar-refractivity contribution is 5.76. The quantitative estimate of drug-likeness (QED) is 0.870. The molecule has 1 saturated heterocycles. The minimum absolute atomic E-state index is 0.112. The summed E-state index contributed by atoms with van der Waals surface area (Å²) in [6, 6.07) is 3.94. The number of nitrogens with zero attached hydrogens (tertiary/aromatic N) is 2. The van der Waals surface area contributed by atoms with Crippen molar-refractivity contribution in [2.75, 3.05) is 31.2 Å². The number of carbonyl (C=O) groups excluding carboxylic acids is 1. The zero-order valence-electron chi connectivity index (χ0n) is 13.0. The lowest BCUT2D eigenvalue weighted by Crippen LogP contribution is -2.37. The van der Waals surface area contributed by atoms with Gasteiger partial charge in [0.2, 0.25) is 5.91 Å². The van der Waals surface area contributed by atoms with Gasteiger partial charge in [-0.1, -0.05) is 19.9 Å². The van der Waals surface area contributed by atoms with E-state index in [2.05, 4.69) is 29.0 Å². The number of amides is 1. The monoisotopic (exact) mass is 291 g/mol. The van der Waals surface area contributed by atoms with Crippen LogP contribution in [0.3, 0.4) is 0 Å². The molecule has 5 nitrogen and oxygen atoms in total. The number of pyridine rings is 1. The van der Waals surface area contributed by atoms with Gasteiger partial charge in [-0.2, -0.15) is 0 Å². The summed E-state index contributed by atoms with van der Waals surface area (Å²) in [6.45, 7) is 7.97. The summed E-state index contributed by atoms with van der Waals surface area (Å²) in [6.07, 6.45) is 3.31. The molecule has 1 fully saturated rings. The minimum atomic E-state index is 0.112. The van der Waals surface area contributed by atoms with E-state index in [4.69, 9.17) is 4.74 Å². The second-order valence-corrected chi connectivity index (χ2v) is 5.79. The highest BCUT2D eigenvalue weighted by Gasteiger charge is 2.16. The van der Waals surface area contributed by atoms with Crippen molar-refractivity contribution in [1.82, 2.24) is 10.3 Å². The maximum Gasteiger partial charge on any atom is 0.220 e. The number of carbonyl (C=O) groups is 1. The van der Waals surface area contributed by atoms with Crippen LogP contribution in [0.25, 0.3) is 0 Å². The Labute approximate surface area is 126 Å². The lowest BCUT2D eigenvalue weighted by molar-refractivity contribution is -0.121. The van der Waals surface area contributed by atoms with Gasteiger partial charge in [-0.15, -0.1) is 0 Å². The van der Waals surface area contributed by atoms with Gasteiger partial charge in [0.25, 0.3) is 0 Å². The number of ether oxygens (including phenoxy) is 1. The second-order valence-electron chi connectivity index (χ2n) is 5.79. The van der Waals surface area contributed by atoms with Crippen LogP contribution in [0.15, 0.2) is 18.3 Å². The maximum absolute atomic E-state index is 11.8. The molecule has 1 aliphatic rings. The van der Waals surface area contributed by atoms with Crippen molar-refractivity contribution in [2.45, 2.75) is 33.2 Å². The molecule has 1 N–H and O–H groups in total. The Hall–Kier alpha value is -1.62. The van der Waals surface area contributed by atoms with E-state index >= 15 is 0 Å². The third kappa shape index (κ3) is 5.01. The Morgan fingerprint density at radius 3 is 2.90 bits per heavy atom. The van der Waals surface area contributed by atoms with Crippen LogP contribution in [0.5, 0.6) is 0 Å². The third-order valence-electron chi connectivity index (χ3n) is 3.60. The number of anilines is 1. The summed E-state index contributed by atoms with van der Waals surface area (Å²) in [5.74, 6) is 1.63. The van der Waals surface area contributed by atoms with E-state index in [0.717, 1.165) is 44.1 Å². The fourth-order valence-corrected chi connectivity index (χ4v) is 2.33. The van der Waals surface area contributed by atoms with E-state index < -0.39 is 0 Å². The van der Waals surface area contributed by atoms with Gasteiger partial charge in [-0.3, -0.25) is 4.79 Å². The fraction of sp³-hybridized carbons (Fsp3) is 0.625. The van der Waals surface area contributed by atoms with Crippen molar-refractivity contribution in [3.63, 3.8) is 0 Å². The summed E-state index contributed by atoms with van der Waals surface area (Å²) < 4.78 is 5.37. The first-order valence-corrected chi connectivity index (χ1v) is 7.70. The first-order chi connectivity index (χ1) is 10.2. The average Bonchev–Trinajstić information content (AvgIpc) is 2.52. The molecule has 1 aliphatic heterocycles. The highest BCUT2D eigenvalue weighted by Crippen LogP contribution is 2.18. The first-order valence-electron chi connectivity index (χ1n) is 7.70. The van der Waals surface area contributed by atoms with Gasteiger partial charge < -0.3 is 15.0 Å². The van der Waals surface area contributed by atoms with E-state index in [9.17, 15) is 4.79 Å². The van der Waals surface area contributed by atoms with E-state index in [-0.39, 0.29) is 5.91 Å². The summed E-state index contributed by atoms with van der Waals surface area (Å²) in [5, 5.41) is 3.00. The number of hydrogen-bond acceptors (Lipinski definition) is 4. The van der Waals surface area contributed by atoms with Gasteiger partial charge in [0, 0.05) is 37.8 Å². The minimum Gasteiger partial charge on any atom is -0.378 e. The number of rotatable bonds is 6. The number of hydrogen-bond donors (Lipinski definition) is 1. The van der Waals surface area contributed by atoms with Crippen LogP contribution in [0, 0.1) is 5.92 Å². The van der Waals surface area contributed by atoms with Crippen LogP contribution >= 0.6 is 0 Å². The van der Waals surface area contributed by atoms with Crippen molar-refractivity contribution >= 4 is 11.7 Å². The zero-order valence-corrected chi connectivity index (χ0v) is 13.0. The van der Waals surface area contributed by atoms with Crippen LogP contribution in [0.1, 0.15) is 32.3 Å². The van der Waals surface area contributed by atoms with Gasteiger partial charge in [0.15, 0.2) is 0 Å². The van der Waals surface area contributed by atoms with Crippen LogP contribution < -0.4 is 10.2 Å². The molecular weight excluding hydrogens is 266 g/mol. The molecule has 2 rings (SSSR count). The molecule has 21 heavy (non-hydrogen) atoms. The third-order valence-corrected chi connectivity index (χ3v) is 3.60. The standard InChI is InChI=1S/C16H25N3O2/c1-13(2)5-6-15(20)18-12-14-4-3-7-17-16(14)19-8-10-21-11-9-19/h3-4,7,13H,5-6,8-12H2,1-2H3,(H,18,20). The topological polar surface area (TPSA) is 54.5 Å². The van der Waals surface area contributed by atoms with Gasteiger partial charge in [0.1, 0.15) is 5.82 Å². The van der Waals surface area contributed by atoms with Gasteiger partial charge in [-0.25, -0.2) is 4.98 Å². The molecule has 5 heteroatoms. The van der Waals surface area contributed by atoms with E-state index in [1.807, 2.05) is 12.1 Å². The molecule has 0 spiro atoms. The number of nitrogens with one attached hydrogen (secondary N) is 1. The molecular formula is C16H25N3O2. The summed E-state index contributed by atoms with van der Waals surface area (Å²) in [5.41, 5.74) is 1.07. The Kier molecular flexibility index (Phi) is 5.99. The van der Waals surface area contributed by atoms with E-state index in [1.165, 1.54) is 0 Å². The Morgan fingerprint density at radius 2 is 2.19 bits per heavy atom. The predicted octanol–water partition coefficient (Wildman–Crippen LogP) is 1.97.